The van der Waals surface area contributed by atoms with Crippen LogP contribution in [0.15, 0.2) is 40.9 Å². The molecule has 0 amide bonds. The molecule has 28 heavy (non-hydrogen) atoms. The van der Waals surface area contributed by atoms with Crippen LogP contribution in [-0.4, -0.2) is 23.5 Å². The van der Waals surface area contributed by atoms with Crippen molar-refractivity contribution in [2.24, 2.45) is 0 Å². The summed E-state index contributed by atoms with van der Waals surface area (Å²) < 4.78 is 24.4. The molecule has 0 aliphatic rings. The maximum atomic E-state index is 14.2. The molecular formula is C21H17ClFNO4. The van der Waals surface area contributed by atoms with E-state index in [2.05, 4.69) is 5.16 Å². The predicted octanol–water partition coefficient (Wildman–Crippen LogP) is 5.10. The highest BCUT2D eigenvalue weighted by molar-refractivity contribution is 6.33. The maximum absolute atomic E-state index is 14.2. The largest absolute Gasteiger partial charge is 0.454 e. The highest BCUT2D eigenvalue weighted by Gasteiger charge is 2.27. The maximum Gasteiger partial charge on any atom is 0.344 e. The van der Waals surface area contributed by atoms with Crippen molar-refractivity contribution < 1.29 is 23.2 Å². The van der Waals surface area contributed by atoms with Crippen LogP contribution in [0.25, 0.3) is 11.3 Å². The van der Waals surface area contributed by atoms with Gasteiger partial charge >= 0.3 is 5.97 Å². The van der Waals surface area contributed by atoms with Crippen molar-refractivity contribution in [3.63, 3.8) is 0 Å². The van der Waals surface area contributed by atoms with Crippen LogP contribution in [0.1, 0.15) is 37.6 Å². The van der Waals surface area contributed by atoms with Crippen LogP contribution in [0.5, 0.6) is 0 Å². The van der Waals surface area contributed by atoms with Crippen molar-refractivity contribution in [1.29, 1.82) is 0 Å². The van der Waals surface area contributed by atoms with Gasteiger partial charge in [-0.15, -0.1) is 0 Å². The smallest absolute Gasteiger partial charge is 0.344 e. The second-order valence-corrected chi connectivity index (χ2v) is 6.78. The van der Waals surface area contributed by atoms with E-state index in [1.165, 1.54) is 25.1 Å². The number of hydrogen-bond acceptors (Lipinski definition) is 5. The van der Waals surface area contributed by atoms with Crippen molar-refractivity contribution >= 4 is 23.4 Å². The van der Waals surface area contributed by atoms with Gasteiger partial charge < -0.3 is 9.26 Å². The molecule has 144 valence electrons. The van der Waals surface area contributed by atoms with Gasteiger partial charge in [-0.2, -0.15) is 0 Å². The van der Waals surface area contributed by atoms with E-state index < -0.39 is 18.4 Å². The lowest BCUT2D eigenvalue weighted by molar-refractivity contribution is 0.0473. The van der Waals surface area contributed by atoms with E-state index in [-0.39, 0.29) is 33.4 Å². The Kier molecular flexibility index (Phi) is 5.61. The number of ketones is 1. The summed E-state index contributed by atoms with van der Waals surface area (Å²) in [6.45, 7) is 4.70. The first-order chi connectivity index (χ1) is 13.3. The molecule has 1 aromatic heterocycles. The zero-order valence-electron chi connectivity index (χ0n) is 15.5. The first-order valence-corrected chi connectivity index (χ1v) is 8.85. The molecule has 3 aromatic rings. The number of Topliss-reactive ketones (excluding diaryl/α,β-unsaturated/α-hetero) is 1. The first-order valence-electron chi connectivity index (χ1n) is 8.47. The molecule has 0 saturated carbocycles. The Hall–Kier alpha value is -2.99. The number of carbonyl (C=O) groups excluding carboxylic acids is 2. The third kappa shape index (κ3) is 3.82. The minimum Gasteiger partial charge on any atom is -0.454 e. The van der Waals surface area contributed by atoms with Crippen molar-refractivity contribution in [3.8, 4) is 11.3 Å². The predicted molar refractivity (Wildman–Crippen MR) is 102 cm³/mol. The summed E-state index contributed by atoms with van der Waals surface area (Å²) in [6.07, 6.45) is 0. The second kappa shape index (κ2) is 7.94. The van der Waals surface area contributed by atoms with Gasteiger partial charge in [-0.05, 0) is 44.5 Å². The molecule has 0 spiro atoms. The number of rotatable bonds is 5. The van der Waals surface area contributed by atoms with Crippen LogP contribution in [0, 0.1) is 26.6 Å². The summed E-state index contributed by atoms with van der Waals surface area (Å²) in [6, 6.07) is 9.57. The summed E-state index contributed by atoms with van der Waals surface area (Å²) in [4.78, 5) is 25.0. The Morgan fingerprint density at radius 3 is 2.64 bits per heavy atom. The molecule has 0 N–H and O–H groups in total. The second-order valence-electron chi connectivity index (χ2n) is 6.38. The number of nitrogens with zero attached hydrogens (tertiary/aromatic N) is 1. The topological polar surface area (TPSA) is 69.4 Å². The van der Waals surface area contributed by atoms with Gasteiger partial charge in [0.15, 0.2) is 6.61 Å². The van der Waals surface area contributed by atoms with Gasteiger partial charge in [0.25, 0.3) is 0 Å². The molecule has 0 saturated heterocycles. The standard InChI is InChI=1S/C21H17ClFNO4/c1-11-7-8-12(2)14(9-11)17(25)10-27-21(26)18-13(3)28-24-20(18)19-15(22)5-4-6-16(19)23/h4-9H,10H2,1-3H3. The fourth-order valence-electron chi connectivity index (χ4n) is 2.82. The molecule has 0 aliphatic heterocycles. The Morgan fingerprint density at radius 1 is 1.18 bits per heavy atom. The number of aryl methyl sites for hydroxylation is 3. The van der Waals surface area contributed by atoms with Crippen molar-refractivity contribution in [1.82, 2.24) is 5.16 Å². The van der Waals surface area contributed by atoms with E-state index in [0.29, 0.717) is 5.56 Å². The highest BCUT2D eigenvalue weighted by Crippen LogP contribution is 2.33. The van der Waals surface area contributed by atoms with Gasteiger partial charge in [-0.25, -0.2) is 9.18 Å². The van der Waals surface area contributed by atoms with E-state index in [4.69, 9.17) is 20.9 Å². The van der Waals surface area contributed by atoms with Gasteiger partial charge in [0.2, 0.25) is 5.78 Å². The third-order valence-electron chi connectivity index (χ3n) is 4.29. The summed E-state index contributed by atoms with van der Waals surface area (Å²) in [5.41, 5.74) is 1.99. The van der Waals surface area contributed by atoms with Crippen LogP contribution >= 0.6 is 11.6 Å². The van der Waals surface area contributed by atoms with Crippen LogP contribution in [0.2, 0.25) is 5.02 Å². The number of aromatic nitrogens is 1. The van der Waals surface area contributed by atoms with Crippen LogP contribution in [0.3, 0.4) is 0 Å². The Morgan fingerprint density at radius 2 is 1.93 bits per heavy atom. The molecule has 1 heterocycles. The zero-order chi connectivity index (χ0) is 20.4. The van der Waals surface area contributed by atoms with E-state index >= 15 is 0 Å². The molecule has 0 aliphatic carbocycles. The number of hydrogen-bond donors (Lipinski definition) is 0. The molecule has 2 aromatic carbocycles. The fraction of sp³-hybridized carbons (Fsp3) is 0.190. The number of carbonyl (C=O) groups is 2. The monoisotopic (exact) mass is 401 g/mol. The quantitative estimate of drug-likeness (QED) is 0.439. The average Bonchev–Trinajstić information content (AvgIpc) is 3.02. The molecule has 0 radical (unpaired) electrons. The minimum absolute atomic E-state index is 0.0613. The Bertz CT molecular complexity index is 1050. The molecule has 3 rings (SSSR count). The Labute approximate surface area is 166 Å². The number of ether oxygens (including phenoxy) is 1. The highest BCUT2D eigenvalue weighted by atomic mass is 35.5. The summed E-state index contributed by atoms with van der Waals surface area (Å²) in [5, 5.41) is 3.83. The SMILES string of the molecule is Cc1ccc(C)c(C(=O)COC(=O)c2c(-c3c(F)cccc3Cl)noc2C)c1. The zero-order valence-corrected chi connectivity index (χ0v) is 16.3. The molecule has 5 nitrogen and oxygen atoms in total. The molecule has 0 fully saturated rings. The lowest BCUT2D eigenvalue weighted by Crippen LogP contribution is -2.16. The van der Waals surface area contributed by atoms with E-state index in [1.54, 1.807) is 13.0 Å². The van der Waals surface area contributed by atoms with Gasteiger partial charge in [0, 0.05) is 5.56 Å². The number of esters is 1. The summed E-state index contributed by atoms with van der Waals surface area (Å²) >= 11 is 6.06. The molecular weight excluding hydrogens is 385 g/mol. The van der Waals surface area contributed by atoms with Gasteiger partial charge in [-0.1, -0.05) is 40.5 Å². The normalized spacial score (nSPS) is 10.8. The van der Waals surface area contributed by atoms with E-state index in [9.17, 15) is 14.0 Å². The van der Waals surface area contributed by atoms with Crippen molar-refractivity contribution in [2.75, 3.05) is 6.61 Å². The van der Waals surface area contributed by atoms with Crippen LogP contribution < -0.4 is 0 Å². The van der Waals surface area contributed by atoms with Gasteiger partial charge in [0.1, 0.15) is 22.8 Å². The lowest BCUT2D eigenvalue weighted by atomic mass is 10.0. The molecule has 0 unspecified atom stereocenters. The number of benzene rings is 2. The average molecular weight is 402 g/mol. The van der Waals surface area contributed by atoms with Crippen LogP contribution in [0.4, 0.5) is 4.39 Å². The Balaban J connectivity index is 1.85. The summed E-state index contributed by atoms with van der Waals surface area (Å²) in [5.74, 6) is -1.69. The van der Waals surface area contributed by atoms with Crippen LogP contribution in [-0.2, 0) is 4.74 Å². The molecule has 7 heteroatoms. The van der Waals surface area contributed by atoms with Gasteiger partial charge in [-0.3, -0.25) is 4.79 Å². The first kappa shape index (κ1) is 19.8. The van der Waals surface area contributed by atoms with Gasteiger partial charge in [0.05, 0.1) is 10.6 Å². The molecule has 0 bridgehead atoms. The number of halogens is 2. The lowest BCUT2D eigenvalue weighted by Gasteiger charge is -2.08. The minimum atomic E-state index is -0.841. The van der Waals surface area contributed by atoms with E-state index in [0.717, 1.165) is 11.1 Å². The van der Waals surface area contributed by atoms with E-state index in [1.807, 2.05) is 19.1 Å². The summed E-state index contributed by atoms with van der Waals surface area (Å²) in [7, 11) is 0. The van der Waals surface area contributed by atoms with Crippen molar-refractivity contribution in [2.45, 2.75) is 20.8 Å². The van der Waals surface area contributed by atoms with Crippen molar-refractivity contribution in [3.05, 3.63) is 75.3 Å². The third-order valence-corrected chi connectivity index (χ3v) is 4.61. The fourth-order valence-corrected chi connectivity index (χ4v) is 3.08. The molecule has 0 atom stereocenters.